The zero-order chi connectivity index (χ0) is 22.3. The number of hydrogen-bond donors (Lipinski definition) is 1. The van der Waals surface area contributed by atoms with Crippen LogP contribution in [-0.2, 0) is 21.4 Å². The van der Waals surface area contributed by atoms with E-state index in [0.717, 1.165) is 16.9 Å². The monoisotopic (exact) mass is 411 g/mol. The Morgan fingerprint density at radius 3 is 2.07 bits per heavy atom. The number of carbonyl (C=O) groups is 2. The number of nitrogens with one attached hydrogen (secondary N) is 1. The molecule has 0 saturated carbocycles. The van der Waals surface area contributed by atoms with Gasteiger partial charge < -0.3 is 14.8 Å². The van der Waals surface area contributed by atoms with Gasteiger partial charge in [0, 0.05) is 12.0 Å². The summed E-state index contributed by atoms with van der Waals surface area (Å²) in [4.78, 5) is 25.2. The Hall–Kier alpha value is -2.82. The molecule has 1 atom stereocenters. The van der Waals surface area contributed by atoms with Crippen LogP contribution < -0.4 is 10.1 Å². The van der Waals surface area contributed by atoms with Gasteiger partial charge in [-0.1, -0.05) is 58.9 Å². The quantitative estimate of drug-likeness (QED) is 0.648. The maximum Gasteiger partial charge on any atom is 0.328 e. The summed E-state index contributed by atoms with van der Waals surface area (Å²) in [6.45, 7) is 10.4. The normalized spacial score (nSPS) is 12.4. The standard InChI is InChI=1S/C25H33NO4/c1-17(2)22(24(28)30-16-15-18-7-13-21(29-6)14-8-18)26-23(27)19-9-11-20(12-10-19)25(3,4)5/h7-14,17,22H,15-16H2,1-6H3,(H,26,27)/t22-/m0/s1. The van der Waals surface area contributed by atoms with Crippen molar-refractivity contribution in [3.63, 3.8) is 0 Å². The van der Waals surface area contributed by atoms with Crippen molar-refractivity contribution in [1.29, 1.82) is 0 Å². The van der Waals surface area contributed by atoms with Crippen LogP contribution in [0.3, 0.4) is 0 Å². The molecule has 0 heterocycles. The molecule has 30 heavy (non-hydrogen) atoms. The maximum atomic E-state index is 12.6. The lowest BCUT2D eigenvalue weighted by Gasteiger charge is -2.22. The predicted molar refractivity (Wildman–Crippen MR) is 119 cm³/mol. The predicted octanol–water partition coefficient (Wildman–Crippen LogP) is 4.53. The zero-order valence-corrected chi connectivity index (χ0v) is 18.8. The summed E-state index contributed by atoms with van der Waals surface area (Å²) >= 11 is 0. The SMILES string of the molecule is COc1ccc(CCOC(=O)[C@@H](NC(=O)c2ccc(C(C)(C)C)cc2)C(C)C)cc1. The zero-order valence-electron chi connectivity index (χ0n) is 18.8. The first-order chi connectivity index (χ1) is 14.1. The van der Waals surface area contributed by atoms with E-state index in [1.54, 1.807) is 19.2 Å². The van der Waals surface area contributed by atoms with Crippen molar-refractivity contribution in [1.82, 2.24) is 5.32 Å². The third-order valence-electron chi connectivity index (χ3n) is 5.01. The summed E-state index contributed by atoms with van der Waals surface area (Å²) in [6.07, 6.45) is 0.600. The number of carbonyl (C=O) groups excluding carboxylic acids is 2. The Balaban J connectivity index is 1.93. The van der Waals surface area contributed by atoms with Crippen molar-refractivity contribution in [2.24, 2.45) is 5.92 Å². The Bertz CT molecular complexity index is 833. The number of ether oxygens (including phenoxy) is 2. The molecule has 1 N–H and O–H groups in total. The van der Waals surface area contributed by atoms with Crippen molar-refractivity contribution in [2.75, 3.05) is 13.7 Å². The van der Waals surface area contributed by atoms with Crippen LogP contribution in [0.2, 0.25) is 0 Å². The molecule has 0 fully saturated rings. The molecule has 2 aromatic carbocycles. The van der Waals surface area contributed by atoms with E-state index in [-0.39, 0.29) is 23.8 Å². The smallest absolute Gasteiger partial charge is 0.328 e. The van der Waals surface area contributed by atoms with Gasteiger partial charge in [0.2, 0.25) is 0 Å². The van der Waals surface area contributed by atoms with E-state index >= 15 is 0 Å². The largest absolute Gasteiger partial charge is 0.497 e. The fourth-order valence-corrected chi connectivity index (χ4v) is 3.00. The molecule has 0 unspecified atom stereocenters. The molecule has 2 rings (SSSR count). The topological polar surface area (TPSA) is 64.6 Å². The summed E-state index contributed by atoms with van der Waals surface area (Å²) in [5, 5.41) is 2.82. The molecule has 0 saturated heterocycles. The average molecular weight is 412 g/mol. The fraction of sp³-hybridized carbons (Fsp3) is 0.440. The van der Waals surface area contributed by atoms with Gasteiger partial charge in [-0.3, -0.25) is 4.79 Å². The fourth-order valence-electron chi connectivity index (χ4n) is 3.00. The van der Waals surface area contributed by atoms with E-state index in [1.165, 1.54) is 0 Å². The van der Waals surface area contributed by atoms with Gasteiger partial charge in [0.05, 0.1) is 13.7 Å². The minimum Gasteiger partial charge on any atom is -0.497 e. The summed E-state index contributed by atoms with van der Waals surface area (Å²) in [7, 11) is 1.62. The molecule has 2 aromatic rings. The molecule has 0 spiro atoms. The van der Waals surface area contributed by atoms with Crippen LogP contribution in [0.4, 0.5) is 0 Å². The van der Waals surface area contributed by atoms with Crippen LogP contribution in [0, 0.1) is 5.92 Å². The van der Waals surface area contributed by atoms with E-state index < -0.39 is 12.0 Å². The Morgan fingerprint density at radius 2 is 1.57 bits per heavy atom. The molecule has 0 aliphatic carbocycles. The lowest BCUT2D eigenvalue weighted by Crippen LogP contribution is -2.45. The molecule has 0 aliphatic rings. The molecule has 0 radical (unpaired) electrons. The Kier molecular flexibility index (Phi) is 8.04. The maximum absolute atomic E-state index is 12.6. The first-order valence-electron chi connectivity index (χ1n) is 10.3. The lowest BCUT2D eigenvalue weighted by molar-refractivity contribution is -0.147. The van der Waals surface area contributed by atoms with Crippen LogP contribution >= 0.6 is 0 Å². The van der Waals surface area contributed by atoms with Gasteiger partial charge in [0.25, 0.3) is 5.91 Å². The highest BCUT2D eigenvalue weighted by Crippen LogP contribution is 2.22. The van der Waals surface area contributed by atoms with Gasteiger partial charge >= 0.3 is 5.97 Å². The van der Waals surface area contributed by atoms with Gasteiger partial charge in [-0.05, 0) is 46.7 Å². The second-order valence-corrected chi connectivity index (χ2v) is 8.79. The van der Waals surface area contributed by atoms with Crippen LogP contribution in [0.25, 0.3) is 0 Å². The Labute approximate surface area is 179 Å². The van der Waals surface area contributed by atoms with Gasteiger partial charge in [-0.2, -0.15) is 0 Å². The molecule has 1 amide bonds. The van der Waals surface area contributed by atoms with E-state index in [9.17, 15) is 9.59 Å². The molecule has 0 aliphatic heterocycles. The molecule has 5 heteroatoms. The minimum atomic E-state index is -0.698. The summed E-state index contributed by atoms with van der Waals surface area (Å²) in [5.74, 6) is 0.00424. The van der Waals surface area contributed by atoms with E-state index in [4.69, 9.17) is 9.47 Å². The molecule has 0 aromatic heterocycles. The molecular formula is C25H33NO4. The number of esters is 1. The number of rotatable bonds is 8. The molecule has 162 valence electrons. The average Bonchev–Trinajstić information content (AvgIpc) is 2.71. The highest BCUT2D eigenvalue weighted by atomic mass is 16.5. The van der Waals surface area contributed by atoms with Crippen LogP contribution in [0.5, 0.6) is 5.75 Å². The van der Waals surface area contributed by atoms with E-state index in [1.807, 2.05) is 50.2 Å². The number of hydrogen-bond acceptors (Lipinski definition) is 4. The van der Waals surface area contributed by atoms with Gasteiger partial charge in [0.15, 0.2) is 0 Å². The van der Waals surface area contributed by atoms with Crippen molar-refractivity contribution < 1.29 is 19.1 Å². The van der Waals surface area contributed by atoms with Crippen LogP contribution in [0.1, 0.15) is 56.1 Å². The number of amides is 1. The molecule has 0 bridgehead atoms. The first kappa shape index (κ1) is 23.5. The van der Waals surface area contributed by atoms with Crippen molar-refractivity contribution in [3.8, 4) is 5.75 Å². The highest BCUT2D eigenvalue weighted by molar-refractivity contribution is 5.96. The molecule has 5 nitrogen and oxygen atoms in total. The first-order valence-corrected chi connectivity index (χ1v) is 10.3. The van der Waals surface area contributed by atoms with E-state index in [2.05, 4.69) is 26.1 Å². The van der Waals surface area contributed by atoms with Gasteiger partial charge in [-0.15, -0.1) is 0 Å². The van der Waals surface area contributed by atoms with Crippen molar-refractivity contribution >= 4 is 11.9 Å². The highest BCUT2D eigenvalue weighted by Gasteiger charge is 2.26. The van der Waals surface area contributed by atoms with Gasteiger partial charge in [0.1, 0.15) is 11.8 Å². The summed E-state index contributed by atoms with van der Waals surface area (Å²) in [6, 6.07) is 14.4. The Morgan fingerprint density at radius 1 is 0.967 bits per heavy atom. The number of benzene rings is 2. The summed E-state index contributed by atoms with van der Waals surface area (Å²) in [5.41, 5.74) is 2.74. The van der Waals surface area contributed by atoms with E-state index in [0.29, 0.717) is 12.0 Å². The lowest BCUT2D eigenvalue weighted by atomic mass is 9.86. The summed E-state index contributed by atoms with van der Waals surface area (Å²) < 4.78 is 10.6. The van der Waals surface area contributed by atoms with Crippen molar-refractivity contribution in [3.05, 3.63) is 65.2 Å². The third-order valence-corrected chi connectivity index (χ3v) is 5.01. The van der Waals surface area contributed by atoms with Gasteiger partial charge in [-0.25, -0.2) is 4.79 Å². The van der Waals surface area contributed by atoms with Crippen LogP contribution in [0.15, 0.2) is 48.5 Å². The molecular weight excluding hydrogens is 378 g/mol. The third kappa shape index (κ3) is 6.61. The van der Waals surface area contributed by atoms with Crippen LogP contribution in [-0.4, -0.2) is 31.6 Å². The van der Waals surface area contributed by atoms with Crippen molar-refractivity contribution in [2.45, 2.75) is 52.5 Å². The minimum absolute atomic E-state index is 0.0170. The second kappa shape index (κ2) is 10.3. The number of methoxy groups -OCH3 is 1. The second-order valence-electron chi connectivity index (χ2n) is 8.79.